The fourth-order valence-electron chi connectivity index (χ4n) is 3.93. The van der Waals surface area contributed by atoms with Crippen molar-refractivity contribution in [2.45, 2.75) is 24.0 Å². The van der Waals surface area contributed by atoms with E-state index >= 15 is 0 Å². The zero-order valence-electron chi connectivity index (χ0n) is 22.0. The van der Waals surface area contributed by atoms with E-state index < -0.39 is 11.0 Å². The molecule has 4 rings (SSSR count). The molecule has 0 aliphatic carbocycles. The van der Waals surface area contributed by atoms with Gasteiger partial charge in [-0.15, -0.1) is 11.8 Å². The van der Waals surface area contributed by atoms with E-state index in [4.69, 9.17) is 31.5 Å². The molecular weight excluding hydrogens is 562 g/mol. The van der Waals surface area contributed by atoms with Crippen LogP contribution in [-0.2, 0) is 4.74 Å². The summed E-state index contributed by atoms with van der Waals surface area (Å²) in [5.74, 6) is 0.969. The predicted octanol–water partition coefficient (Wildman–Crippen LogP) is 5.33. The lowest BCUT2D eigenvalue weighted by Gasteiger charge is -2.29. The lowest BCUT2D eigenvalue weighted by atomic mass is 10.2. The summed E-state index contributed by atoms with van der Waals surface area (Å²) >= 11 is 7.98. The minimum atomic E-state index is -0.940. The minimum Gasteiger partial charge on any atom is -0.494 e. The number of ether oxygens (including phenoxy) is 3. The number of anilines is 5. The molecule has 212 valence electrons. The average Bonchev–Trinajstić information content (AvgIpc) is 2.91. The van der Waals surface area contributed by atoms with Crippen LogP contribution in [0.15, 0.2) is 41.4 Å². The number of nitro groups is 1. The Morgan fingerprint density at radius 2 is 1.98 bits per heavy atom. The second-order valence-corrected chi connectivity index (χ2v) is 10.8. The number of methoxy groups -OCH3 is 1. The maximum Gasteiger partial charge on any atom is 0.409 e. The van der Waals surface area contributed by atoms with Crippen LogP contribution in [0.1, 0.15) is 13.8 Å². The number of nitrogens with two attached hydrogens (primary N) is 1. The van der Waals surface area contributed by atoms with Crippen LogP contribution in [-0.4, -0.2) is 59.6 Å². The third-order valence-corrected chi connectivity index (χ3v) is 6.98. The van der Waals surface area contributed by atoms with Crippen LogP contribution in [0.5, 0.6) is 11.5 Å². The van der Waals surface area contributed by atoms with Crippen LogP contribution in [0, 0.1) is 10.1 Å². The van der Waals surface area contributed by atoms with Crippen molar-refractivity contribution < 1.29 is 23.9 Å². The van der Waals surface area contributed by atoms with E-state index in [1.54, 1.807) is 36.0 Å². The topological polar surface area (TPSA) is 167 Å². The Morgan fingerprint density at radius 3 is 2.62 bits per heavy atom. The van der Waals surface area contributed by atoms with Gasteiger partial charge in [0.05, 0.1) is 42.8 Å². The molecule has 1 fully saturated rings. The Labute approximate surface area is 239 Å². The summed E-state index contributed by atoms with van der Waals surface area (Å²) in [5.41, 5.74) is 6.38. The number of morpholine rings is 1. The van der Waals surface area contributed by atoms with Crippen molar-refractivity contribution in [2.24, 2.45) is 5.73 Å². The second kappa shape index (κ2) is 12.9. The van der Waals surface area contributed by atoms with E-state index in [1.807, 2.05) is 18.7 Å². The molecule has 0 saturated carbocycles. The molecule has 1 saturated heterocycles. The summed E-state index contributed by atoms with van der Waals surface area (Å²) in [7, 11) is 1.47. The van der Waals surface area contributed by atoms with Gasteiger partial charge in [-0.3, -0.25) is 10.1 Å². The molecule has 13 nitrogen and oxygen atoms in total. The van der Waals surface area contributed by atoms with Crippen LogP contribution in [0.2, 0.25) is 5.02 Å². The number of amides is 1. The molecule has 0 unspecified atom stereocenters. The molecule has 3 aromatic rings. The number of aromatic nitrogens is 2. The maximum atomic E-state index is 12.0. The molecule has 0 spiro atoms. The first kappa shape index (κ1) is 29.0. The molecule has 0 bridgehead atoms. The number of hydrogen-bond donors (Lipinski definition) is 3. The van der Waals surface area contributed by atoms with Gasteiger partial charge >= 0.3 is 6.09 Å². The average molecular weight is 590 g/mol. The molecule has 2 heterocycles. The highest BCUT2D eigenvalue weighted by atomic mass is 35.5. The highest BCUT2D eigenvalue weighted by Crippen LogP contribution is 2.40. The summed E-state index contributed by atoms with van der Waals surface area (Å²) in [4.78, 5) is 34.2. The molecule has 1 aromatic heterocycles. The Kier molecular flexibility index (Phi) is 9.34. The summed E-state index contributed by atoms with van der Waals surface area (Å²) in [6, 6.07) is 8.03. The highest BCUT2D eigenvalue weighted by molar-refractivity contribution is 8.00. The molecule has 15 heteroatoms. The first-order chi connectivity index (χ1) is 19.1. The van der Waals surface area contributed by atoms with Crippen LogP contribution >= 0.6 is 23.4 Å². The zero-order valence-corrected chi connectivity index (χ0v) is 23.5. The number of hydrogen-bond acceptors (Lipinski definition) is 12. The molecule has 4 N–H and O–H groups in total. The van der Waals surface area contributed by atoms with Gasteiger partial charge in [-0.05, 0) is 12.1 Å². The van der Waals surface area contributed by atoms with Crippen molar-refractivity contribution in [2.75, 3.05) is 48.9 Å². The number of carbonyl (C=O) groups is 1. The minimum absolute atomic E-state index is 0.0980. The molecule has 2 aromatic carbocycles. The van der Waals surface area contributed by atoms with Crippen molar-refractivity contribution in [3.8, 4) is 11.5 Å². The lowest BCUT2D eigenvalue weighted by Crippen LogP contribution is -2.36. The van der Waals surface area contributed by atoms with Crippen molar-refractivity contribution in [1.82, 2.24) is 9.97 Å². The second-order valence-electron chi connectivity index (χ2n) is 8.78. The van der Waals surface area contributed by atoms with Crippen LogP contribution in [0.3, 0.4) is 0 Å². The monoisotopic (exact) mass is 589 g/mol. The van der Waals surface area contributed by atoms with Crippen molar-refractivity contribution in [3.05, 3.63) is 51.7 Å². The Hall–Kier alpha value is -4.01. The van der Waals surface area contributed by atoms with E-state index in [2.05, 4.69) is 20.6 Å². The van der Waals surface area contributed by atoms with E-state index in [9.17, 15) is 14.9 Å². The SMILES string of the molecule is COc1cc(N2CCOCC2)c([N+](=O)[O-])cc1Nc1ncc(Cl)c(Nc2cc(OC(N)=O)ccc2SC(C)C)n1. The maximum absolute atomic E-state index is 12.0. The van der Waals surface area contributed by atoms with E-state index in [-0.39, 0.29) is 33.5 Å². The number of nitrogens with zero attached hydrogens (tertiary/aromatic N) is 4. The molecule has 0 atom stereocenters. The van der Waals surface area contributed by atoms with Gasteiger partial charge in [0.1, 0.15) is 22.2 Å². The lowest BCUT2D eigenvalue weighted by molar-refractivity contribution is -0.384. The summed E-state index contributed by atoms with van der Waals surface area (Å²) in [6.07, 6.45) is 0.450. The Morgan fingerprint density at radius 1 is 1.23 bits per heavy atom. The van der Waals surface area contributed by atoms with Gasteiger partial charge in [0.25, 0.3) is 5.69 Å². The molecule has 1 aliphatic rings. The number of nitro benzene ring substituents is 1. The van der Waals surface area contributed by atoms with Gasteiger partial charge in [-0.1, -0.05) is 25.4 Å². The summed E-state index contributed by atoms with van der Waals surface area (Å²) < 4.78 is 15.9. The highest BCUT2D eigenvalue weighted by Gasteiger charge is 2.25. The molecule has 1 aliphatic heterocycles. The number of thioether (sulfide) groups is 1. The fourth-order valence-corrected chi connectivity index (χ4v) is 4.96. The standard InChI is InChI=1S/C25H28ClN7O6S/c1-14(2)40-22-5-4-15(39-24(27)34)10-18(22)29-23-16(26)13-28-25(31-23)30-17-11-20(33(35)36)19(12-21(17)37-3)32-6-8-38-9-7-32/h4-5,10-14H,6-9H2,1-3H3,(H2,27,34)(H2,28,29,30,31). The third kappa shape index (κ3) is 7.14. The number of rotatable bonds is 10. The first-order valence-electron chi connectivity index (χ1n) is 12.2. The Bertz CT molecular complexity index is 1400. The molecule has 40 heavy (non-hydrogen) atoms. The number of primary amides is 1. The van der Waals surface area contributed by atoms with Gasteiger partial charge in [0.2, 0.25) is 5.95 Å². The summed E-state index contributed by atoms with van der Waals surface area (Å²) in [5, 5.41) is 18.6. The quantitative estimate of drug-likeness (QED) is 0.158. The smallest absolute Gasteiger partial charge is 0.409 e. The van der Waals surface area contributed by atoms with Crippen LogP contribution < -0.4 is 30.7 Å². The van der Waals surface area contributed by atoms with Gasteiger partial charge in [-0.2, -0.15) is 4.98 Å². The number of carbonyl (C=O) groups excluding carboxylic acids is 1. The number of halogens is 1. The van der Waals surface area contributed by atoms with E-state index in [1.165, 1.54) is 19.4 Å². The third-order valence-electron chi connectivity index (χ3n) is 5.62. The van der Waals surface area contributed by atoms with E-state index in [0.29, 0.717) is 49.1 Å². The van der Waals surface area contributed by atoms with Gasteiger partial charge in [-0.25, -0.2) is 9.78 Å². The number of benzene rings is 2. The van der Waals surface area contributed by atoms with Crippen molar-refractivity contribution >= 4 is 64.0 Å². The number of nitrogens with one attached hydrogen (secondary N) is 2. The van der Waals surface area contributed by atoms with Crippen molar-refractivity contribution in [3.63, 3.8) is 0 Å². The van der Waals surface area contributed by atoms with Gasteiger partial charge in [0.15, 0.2) is 5.82 Å². The Balaban J connectivity index is 1.66. The molecule has 1 amide bonds. The fraction of sp³-hybridized carbons (Fsp3) is 0.320. The predicted molar refractivity (Wildman–Crippen MR) is 154 cm³/mol. The zero-order chi connectivity index (χ0) is 28.8. The van der Waals surface area contributed by atoms with Gasteiger partial charge < -0.3 is 35.5 Å². The van der Waals surface area contributed by atoms with Crippen LogP contribution in [0.25, 0.3) is 0 Å². The molecular formula is C25H28ClN7O6S. The van der Waals surface area contributed by atoms with Crippen molar-refractivity contribution in [1.29, 1.82) is 0 Å². The summed E-state index contributed by atoms with van der Waals surface area (Å²) in [6.45, 7) is 6.08. The first-order valence-corrected chi connectivity index (χ1v) is 13.4. The largest absolute Gasteiger partial charge is 0.494 e. The normalized spacial score (nSPS) is 13.2. The van der Waals surface area contributed by atoms with E-state index in [0.717, 1.165) is 4.90 Å². The molecule has 0 radical (unpaired) electrons. The van der Waals surface area contributed by atoms with Crippen LogP contribution in [0.4, 0.5) is 39.3 Å². The van der Waals surface area contributed by atoms with Gasteiger partial charge in [0, 0.05) is 41.4 Å².